The average Bonchev–Trinajstić information content (AvgIpc) is 2.30. The Morgan fingerprint density at radius 1 is 0.950 bits per heavy atom. The third-order valence-corrected chi connectivity index (χ3v) is 2.95. The molecule has 0 saturated heterocycles. The Balaban J connectivity index is 2.81. The first-order valence-corrected chi connectivity index (χ1v) is 6.19. The van der Waals surface area contributed by atoms with Crippen LogP contribution in [0.1, 0.15) is 21.5 Å². The Labute approximate surface area is 117 Å². The molecular weight excluding hydrogens is 258 g/mol. The van der Waals surface area contributed by atoms with Gasteiger partial charge in [-0.05, 0) is 31.0 Å². The minimum Gasteiger partial charge on any atom is -0.369 e. The molecule has 0 aromatic heterocycles. The molecule has 0 heterocycles. The van der Waals surface area contributed by atoms with Gasteiger partial charge in [-0.1, -0.05) is 12.1 Å². The smallest absolute Gasteiger partial charge is 0.231 e. The molecule has 1 aromatic carbocycles. The summed E-state index contributed by atoms with van der Waals surface area (Å²) in [5.41, 5.74) is 12.8. The van der Waals surface area contributed by atoms with Gasteiger partial charge in [0, 0.05) is 5.56 Å². The lowest BCUT2D eigenvalue weighted by atomic mass is 10.0. The predicted molar refractivity (Wildman–Crippen MR) is 75.1 cm³/mol. The number of ketones is 1. The molecule has 0 aliphatic rings. The second-order valence-electron chi connectivity index (χ2n) is 4.80. The van der Waals surface area contributed by atoms with E-state index in [1.54, 1.807) is 12.1 Å². The molecule has 0 spiro atoms. The summed E-state index contributed by atoms with van der Waals surface area (Å²) in [5, 5.41) is 0. The molecule has 2 amide bonds. The summed E-state index contributed by atoms with van der Waals surface area (Å²) in [6, 6.07) is 5.36. The van der Waals surface area contributed by atoms with Crippen LogP contribution in [-0.2, 0) is 9.59 Å². The van der Waals surface area contributed by atoms with Crippen molar-refractivity contribution in [2.75, 3.05) is 19.6 Å². The van der Waals surface area contributed by atoms with E-state index in [0.29, 0.717) is 5.56 Å². The van der Waals surface area contributed by atoms with Crippen molar-refractivity contribution in [3.8, 4) is 0 Å². The summed E-state index contributed by atoms with van der Waals surface area (Å²) in [5.74, 6) is -1.41. The van der Waals surface area contributed by atoms with Crippen LogP contribution in [0.5, 0.6) is 0 Å². The Morgan fingerprint density at radius 3 is 1.95 bits per heavy atom. The molecule has 1 aromatic rings. The van der Waals surface area contributed by atoms with Gasteiger partial charge in [0.1, 0.15) is 0 Å². The SMILES string of the molecule is Cc1ccc(C(=O)CN(CC(N)=O)CC(N)=O)cc1C. The Hall–Kier alpha value is -2.21. The van der Waals surface area contributed by atoms with E-state index in [0.717, 1.165) is 11.1 Å². The van der Waals surface area contributed by atoms with E-state index in [9.17, 15) is 14.4 Å². The third-order valence-electron chi connectivity index (χ3n) is 2.95. The zero-order chi connectivity index (χ0) is 15.3. The van der Waals surface area contributed by atoms with Crippen LogP contribution in [0.25, 0.3) is 0 Å². The second kappa shape index (κ2) is 6.81. The van der Waals surface area contributed by atoms with Crippen LogP contribution in [0.15, 0.2) is 18.2 Å². The van der Waals surface area contributed by atoms with Crippen LogP contribution < -0.4 is 11.5 Å². The number of benzene rings is 1. The van der Waals surface area contributed by atoms with Crippen molar-refractivity contribution >= 4 is 17.6 Å². The number of aryl methyl sites for hydroxylation is 2. The highest BCUT2D eigenvalue weighted by Crippen LogP contribution is 2.11. The molecule has 0 radical (unpaired) electrons. The fourth-order valence-corrected chi connectivity index (χ4v) is 1.82. The highest BCUT2D eigenvalue weighted by Gasteiger charge is 2.16. The van der Waals surface area contributed by atoms with Crippen molar-refractivity contribution in [3.05, 3.63) is 34.9 Å². The molecule has 0 unspecified atom stereocenters. The standard InChI is InChI=1S/C14H19N3O3/c1-9-3-4-11(5-10(9)2)12(18)6-17(7-13(15)19)8-14(16)20/h3-5H,6-8H2,1-2H3,(H2,15,19)(H2,16,20). The van der Waals surface area contributed by atoms with Gasteiger partial charge in [0.25, 0.3) is 0 Å². The van der Waals surface area contributed by atoms with Gasteiger partial charge in [-0.3, -0.25) is 19.3 Å². The quantitative estimate of drug-likeness (QED) is 0.671. The summed E-state index contributed by atoms with van der Waals surface area (Å²) in [6.07, 6.45) is 0. The highest BCUT2D eigenvalue weighted by molar-refractivity contribution is 5.98. The second-order valence-corrected chi connectivity index (χ2v) is 4.80. The van der Waals surface area contributed by atoms with Gasteiger partial charge in [0.2, 0.25) is 11.8 Å². The van der Waals surface area contributed by atoms with Gasteiger partial charge in [0.15, 0.2) is 5.78 Å². The molecular formula is C14H19N3O3. The first-order valence-electron chi connectivity index (χ1n) is 6.19. The maximum absolute atomic E-state index is 12.1. The maximum Gasteiger partial charge on any atom is 0.231 e. The summed E-state index contributed by atoms with van der Waals surface area (Å²) < 4.78 is 0. The number of nitrogens with two attached hydrogens (primary N) is 2. The van der Waals surface area contributed by atoms with Crippen molar-refractivity contribution in [2.24, 2.45) is 11.5 Å². The first-order chi connectivity index (χ1) is 9.29. The molecule has 108 valence electrons. The summed E-state index contributed by atoms with van der Waals surface area (Å²) in [6.45, 7) is 3.43. The third kappa shape index (κ3) is 4.81. The fourth-order valence-electron chi connectivity index (χ4n) is 1.82. The van der Waals surface area contributed by atoms with Gasteiger partial charge < -0.3 is 11.5 Å². The van der Waals surface area contributed by atoms with Crippen molar-refractivity contribution in [3.63, 3.8) is 0 Å². The molecule has 20 heavy (non-hydrogen) atoms. The lowest BCUT2D eigenvalue weighted by Crippen LogP contribution is -2.42. The van der Waals surface area contributed by atoms with E-state index in [-0.39, 0.29) is 25.4 Å². The zero-order valence-corrected chi connectivity index (χ0v) is 11.7. The number of hydrogen-bond donors (Lipinski definition) is 2. The number of carbonyl (C=O) groups excluding carboxylic acids is 3. The van der Waals surface area contributed by atoms with Crippen molar-refractivity contribution < 1.29 is 14.4 Å². The molecule has 4 N–H and O–H groups in total. The number of hydrogen-bond acceptors (Lipinski definition) is 4. The van der Waals surface area contributed by atoms with Crippen LogP contribution in [0, 0.1) is 13.8 Å². The largest absolute Gasteiger partial charge is 0.369 e. The van der Waals surface area contributed by atoms with Crippen LogP contribution in [0.3, 0.4) is 0 Å². The maximum atomic E-state index is 12.1. The monoisotopic (exact) mass is 277 g/mol. The van der Waals surface area contributed by atoms with E-state index in [1.807, 2.05) is 19.9 Å². The summed E-state index contributed by atoms with van der Waals surface area (Å²) in [7, 11) is 0. The Kier molecular flexibility index (Phi) is 5.40. The van der Waals surface area contributed by atoms with Crippen LogP contribution in [0.4, 0.5) is 0 Å². The van der Waals surface area contributed by atoms with E-state index in [1.165, 1.54) is 4.90 Å². The molecule has 6 nitrogen and oxygen atoms in total. The van der Waals surface area contributed by atoms with E-state index in [2.05, 4.69) is 0 Å². The number of nitrogens with zero attached hydrogens (tertiary/aromatic N) is 1. The average molecular weight is 277 g/mol. The van der Waals surface area contributed by atoms with Gasteiger partial charge in [-0.25, -0.2) is 0 Å². The molecule has 0 atom stereocenters. The summed E-state index contributed by atoms with van der Waals surface area (Å²) in [4.78, 5) is 35.3. The van der Waals surface area contributed by atoms with Crippen molar-refractivity contribution in [2.45, 2.75) is 13.8 Å². The van der Waals surface area contributed by atoms with Crippen molar-refractivity contribution in [1.29, 1.82) is 0 Å². The molecule has 0 aliphatic carbocycles. The minimum absolute atomic E-state index is 0.0750. The predicted octanol–water partition coefficient (Wildman–Crippen LogP) is -0.241. The lowest BCUT2D eigenvalue weighted by Gasteiger charge is -2.18. The topological polar surface area (TPSA) is 106 Å². The van der Waals surface area contributed by atoms with E-state index < -0.39 is 11.8 Å². The van der Waals surface area contributed by atoms with Gasteiger partial charge in [-0.2, -0.15) is 0 Å². The lowest BCUT2D eigenvalue weighted by molar-refractivity contribution is -0.121. The van der Waals surface area contributed by atoms with Gasteiger partial charge in [0.05, 0.1) is 19.6 Å². The van der Waals surface area contributed by atoms with Crippen molar-refractivity contribution in [1.82, 2.24) is 4.90 Å². The Bertz CT molecular complexity index is 524. The number of rotatable bonds is 7. The molecule has 0 fully saturated rings. The summed E-state index contributed by atoms with van der Waals surface area (Å²) >= 11 is 0. The minimum atomic E-state index is -0.612. The van der Waals surface area contributed by atoms with E-state index in [4.69, 9.17) is 11.5 Å². The fraction of sp³-hybridized carbons (Fsp3) is 0.357. The highest BCUT2D eigenvalue weighted by atomic mass is 16.2. The van der Waals surface area contributed by atoms with Crippen LogP contribution in [0.2, 0.25) is 0 Å². The number of carbonyl (C=O) groups is 3. The zero-order valence-electron chi connectivity index (χ0n) is 11.7. The molecule has 0 aliphatic heterocycles. The Morgan fingerprint density at radius 2 is 1.50 bits per heavy atom. The number of primary amides is 2. The number of amides is 2. The van der Waals surface area contributed by atoms with Gasteiger partial charge in [-0.15, -0.1) is 0 Å². The molecule has 6 heteroatoms. The first kappa shape index (κ1) is 15.8. The molecule has 0 saturated carbocycles. The van der Waals surface area contributed by atoms with Gasteiger partial charge >= 0.3 is 0 Å². The van der Waals surface area contributed by atoms with Crippen LogP contribution >= 0.6 is 0 Å². The normalized spacial score (nSPS) is 10.6. The molecule has 1 rings (SSSR count). The molecule has 0 bridgehead atoms. The number of Topliss-reactive ketones (excluding diaryl/α,β-unsaturated/α-hetero) is 1. The van der Waals surface area contributed by atoms with Crippen LogP contribution in [-0.4, -0.2) is 42.1 Å². The van der Waals surface area contributed by atoms with E-state index >= 15 is 0 Å².